The normalized spacial score (nSPS) is 15.4. The van der Waals surface area contributed by atoms with Crippen molar-refractivity contribution >= 4 is 6.29 Å². The molecule has 0 aromatic carbocycles. The van der Waals surface area contributed by atoms with Crippen LogP contribution in [-0.4, -0.2) is 11.3 Å². The first-order chi connectivity index (χ1) is 6.88. The van der Waals surface area contributed by atoms with Crippen LogP contribution < -0.4 is 5.32 Å². The number of hydrogen-bond acceptors (Lipinski definition) is 2. The van der Waals surface area contributed by atoms with Crippen LogP contribution in [0.25, 0.3) is 0 Å². The van der Waals surface area contributed by atoms with E-state index in [9.17, 15) is 4.79 Å². The number of aldehydes is 1. The second-order valence-electron chi connectivity index (χ2n) is 3.24. The minimum absolute atomic E-state index is 0.661. The highest BCUT2D eigenvalue weighted by Crippen LogP contribution is 2.10. The van der Waals surface area contributed by atoms with Gasteiger partial charge < -0.3 is 10.3 Å². The summed E-state index contributed by atoms with van der Waals surface area (Å²) in [7, 11) is 0. The van der Waals surface area contributed by atoms with E-state index in [1.54, 1.807) is 0 Å². The molecule has 0 aliphatic carbocycles. The maximum atomic E-state index is 10.5. The number of H-pyrrole nitrogens is 1. The van der Waals surface area contributed by atoms with Crippen LogP contribution in [0.3, 0.4) is 0 Å². The van der Waals surface area contributed by atoms with Gasteiger partial charge in [-0.3, -0.25) is 4.79 Å². The van der Waals surface area contributed by atoms with Crippen molar-refractivity contribution in [3.05, 3.63) is 47.6 Å². The smallest absolute Gasteiger partial charge is 0.165 e. The highest BCUT2D eigenvalue weighted by Gasteiger charge is 2.05. The maximum absolute atomic E-state index is 10.5. The van der Waals surface area contributed by atoms with Crippen LogP contribution in [0.1, 0.15) is 12.1 Å². The van der Waals surface area contributed by atoms with Crippen LogP contribution in [0.2, 0.25) is 0 Å². The number of carbonyl (C=O) groups is 1. The average Bonchev–Trinajstić information content (AvgIpc) is 2.71. The summed E-state index contributed by atoms with van der Waals surface area (Å²) in [6, 6.07) is 4.00. The molecule has 0 saturated heterocycles. The lowest BCUT2D eigenvalue weighted by Crippen LogP contribution is -2.18. The summed E-state index contributed by atoms with van der Waals surface area (Å²) in [6.07, 6.45) is 8.37. The molecule has 1 aromatic heterocycles. The molecule has 0 amide bonds. The van der Waals surface area contributed by atoms with Crippen molar-refractivity contribution in [3.63, 3.8) is 0 Å². The summed E-state index contributed by atoms with van der Waals surface area (Å²) in [6.45, 7) is 0. The number of aromatic amines is 1. The minimum atomic E-state index is 0.661. The molecule has 2 N–H and O–H groups in total. The van der Waals surface area contributed by atoms with Crippen molar-refractivity contribution in [2.75, 3.05) is 0 Å². The monoisotopic (exact) mass is 188 g/mol. The molecular formula is C11H12N2O. The fourth-order valence-corrected chi connectivity index (χ4v) is 1.49. The van der Waals surface area contributed by atoms with E-state index >= 15 is 0 Å². The summed E-state index contributed by atoms with van der Waals surface area (Å²) in [5, 5.41) is 3.08. The Balaban J connectivity index is 2.00. The lowest BCUT2D eigenvalue weighted by Gasteiger charge is -2.13. The van der Waals surface area contributed by atoms with Gasteiger partial charge in [-0.2, -0.15) is 0 Å². The Bertz CT molecular complexity index is 374. The fraction of sp³-hybridized carbons (Fsp3) is 0.182. The van der Waals surface area contributed by atoms with Crippen molar-refractivity contribution in [2.45, 2.75) is 12.8 Å². The van der Waals surface area contributed by atoms with Crippen LogP contribution in [-0.2, 0) is 11.2 Å². The number of hydrogen-bond donors (Lipinski definition) is 2. The number of allylic oxidation sites excluding steroid dienone is 4. The van der Waals surface area contributed by atoms with E-state index in [-0.39, 0.29) is 0 Å². The van der Waals surface area contributed by atoms with Gasteiger partial charge in [0.05, 0.1) is 5.70 Å². The summed E-state index contributed by atoms with van der Waals surface area (Å²) in [4.78, 5) is 13.7. The average molecular weight is 188 g/mol. The van der Waals surface area contributed by atoms with E-state index in [2.05, 4.69) is 16.4 Å². The summed E-state index contributed by atoms with van der Waals surface area (Å²) < 4.78 is 0. The van der Waals surface area contributed by atoms with Gasteiger partial charge in [0, 0.05) is 24.0 Å². The topological polar surface area (TPSA) is 44.9 Å². The lowest BCUT2D eigenvalue weighted by molar-refractivity contribution is -0.105. The van der Waals surface area contributed by atoms with Crippen molar-refractivity contribution < 1.29 is 4.79 Å². The zero-order valence-electron chi connectivity index (χ0n) is 7.79. The lowest BCUT2D eigenvalue weighted by atomic mass is 10.1. The Hall–Kier alpha value is -1.77. The fourth-order valence-electron chi connectivity index (χ4n) is 1.49. The van der Waals surface area contributed by atoms with E-state index < -0.39 is 0 Å². The number of nitrogens with one attached hydrogen (secondary N) is 2. The molecule has 1 aromatic rings. The molecule has 0 unspecified atom stereocenters. The second-order valence-corrected chi connectivity index (χ2v) is 3.24. The molecule has 0 saturated carbocycles. The maximum Gasteiger partial charge on any atom is 0.165 e. The first-order valence-corrected chi connectivity index (χ1v) is 4.62. The quantitative estimate of drug-likeness (QED) is 0.706. The molecule has 0 radical (unpaired) electrons. The van der Waals surface area contributed by atoms with E-state index in [0.717, 1.165) is 30.5 Å². The summed E-state index contributed by atoms with van der Waals surface area (Å²) in [5.74, 6) is 0. The Morgan fingerprint density at radius 1 is 1.43 bits per heavy atom. The number of carbonyl (C=O) groups excluding carboxylic acids is 1. The van der Waals surface area contributed by atoms with E-state index in [1.165, 1.54) is 0 Å². The molecule has 14 heavy (non-hydrogen) atoms. The SMILES string of the molecule is O=CC1=CCC=C(Cc2ccc[nH]2)N1. The zero-order chi connectivity index (χ0) is 9.80. The molecule has 0 spiro atoms. The van der Waals surface area contributed by atoms with Gasteiger partial charge in [0.1, 0.15) is 0 Å². The molecular weight excluding hydrogens is 176 g/mol. The first kappa shape index (κ1) is 8.81. The van der Waals surface area contributed by atoms with Gasteiger partial charge in [-0.25, -0.2) is 0 Å². The van der Waals surface area contributed by atoms with Crippen molar-refractivity contribution in [3.8, 4) is 0 Å². The molecule has 1 aliphatic rings. The number of aromatic nitrogens is 1. The molecule has 3 nitrogen and oxygen atoms in total. The van der Waals surface area contributed by atoms with Crippen LogP contribution >= 0.6 is 0 Å². The van der Waals surface area contributed by atoms with Gasteiger partial charge in [-0.15, -0.1) is 0 Å². The first-order valence-electron chi connectivity index (χ1n) is 4.62. The van der Waals surface area contributed by atoms with Crippen LogP contribution in [0, 0.1) is 0 Å². The molecule has 72 valence electrons. The Labute approximate surface area is 82.5 Å². The van der Waals surface area contributed by atoms with Gasteiger partial charge in [-0.1, -0.05) is 12.2 Å². The van der Waals surface area contributed by atoms with E-state index in [0.29, 0.717) is 5.70 Å². The molecule has 2 rings (SSSR count). The summed E-state index contributed by atoms with van der Waals surface area (Å²) in [5.41, 5.74) is 2.89. The van der Waals surface area contributed by atoms with Gasteiger partial charge in [-0.05, 0) is 18.6 Å². The van der Waals surface area contributed by atoms with Gasteiger partial charge >= 0.3 is 0 Å². The highest BCUT2D eigenvalue weighted by molar-refractivity contribution is 5.73. The standard InChI is InChI=1S/C11H12N2O/c14-8-11-4-1-3-10(13-11)7-9-5-2-6-12-9/h2-6,8,12-13H,1,7H2. The Kier molecular flexibility index (Phi) is 2.49. The second kappa shape index (κ2) is 3.96. The van der Waals surface area contributed by atoms with E-state index in [4.69, 9.17) is 0 Å². The predicted molar refractivity (Wildman–Crippen MR) is 54.5 cm³/mol. The van der Waals surface area contributed by atoms with Crippen LogP contribution in [0.15, 0.2) is 41.9 Å². The molecule has 2 heterocycles. The molecule has 0 fully saturated rings. The van der Waals surface area contributed by atoms with Crippen molar-refractivity contribution in [1.82, 2.24) is 10.3 Å². The molecule has 3 heteroatoms. The summed E-state index contributed by atoms with van der Waals surface area (Å²) >= 11 is 0. The third-order valence-electron chi connectivity index (χ3n) is 2.18. The van der Waals surface area contributed by atoms with Crippen LogP contribution in [0.5, 0.6) is 0 Å². The zero-order valence-corrected chi connectivity index (χ0v) is 7.79. The third kappa shape index (κ3) is 1.93. The molecule has 0 bridgehead atoms. The van der Waals surface area contributed by atoms with Crippen molar-refractivity contribution in [1.29, 1.82) is 0 Å². The predicted octanol–water partition coefficient (Wildman–Crippen LogP) is 1.52. The minimum Gasteiger partial charge on any atom is -0.365 e. The Morgan fingerprint density at radius 2 is 2.36 bits per heavy atom. The largest absolute Gasteiger partial charge is 0.365 e. The molecule has 0 atom stereocenters. The molecule has 1 aliphatic heterocycles. The van der Waals surface area contributed by atoms with Gasteiger partial charge in [0.2, 0.25) is 0 Å². The Morgan fingerprint density at radius 3 is 3.07 bits per heavy atom. The number of dihydropyridines is 1. The van der Waals surface area contributed by atoms with Crippen LogP contribution in [0.4, 0.5) is 0 Å². The van der Waals surface area contributed by atoms with Crippen molar-refractivity contribution in [2.24, 2.45) is 0 Å². The van der Waals surface area contributed by atoms with Gasteiger partial charge in [0.15, 0.2) is 6.29 Å². The number of rotatable bonds is 3. The third-order valence-corrected chi connectivity index (χ3v) is 2.18. The van der Waals surface area contributed by atoms with Gasteiger partial charge in [0.25, 0.3) is 0 Å². The van der Waals surface area contributed by atoms with E-state index in [1.807, 2.05) is 24.4 Å². The highest BCUT2D eigenvalue weighted by atomic mass is 16.1.